The van der Waals surface area contributed by atoms with E-state index in [-0.39, 0.29) is 11.2 Å². The van der Waals surface area contributed by atoms with Crippen molar-refractivity contribution in [2.24, 2.45) is 11.8 Å². The van der Waals surface area contributed by atoms with Gasteiger partial charge < -0.3 is 0 Å². The Labute approximate surface area is 126 Å². The molecule has 2 aliphatic rings. The Kier molecular flexibility index (Phi) is 4.26. The molecule has 0 heterocycles. The maximum atomic E-state index is 12.5. The van der Waals surface area contributed by atoms with E-state index >= 15 is 0 Å². The highest BCUT2D eigenvalue weighted by atomic mass is 35.5. The Morgan fingerprint density at radius 2 is 1.75 bits per heavy atom. The Balaban J connectivity index is 1.75. The second kappa shape index (κ2) is 6.13. The third-order valence-corrected chi connectivity index (χ3v) is 5.36. The average Bonchev–Trinajstić information content (AvgIpc) is 2.99. The van der Waals surface area contributed by atoms with E-state index in [9.17, 15) is 4.79 Å². The van der Waals surface area contributed by atoms with Crippen LogP contribution in [0.2, 0.25) is 0 Å². The minimum Gasteiger partial charge on any atom is -0.293 e. The molecular formula is C18H21ClO. The van der Waals surface area contributed by atoms with E-state index < -0.39 is 0 Å². The van der Waals surface area contributed by atoms with Crippen LogP contribution < -0.4 is 0 Å². The van der Waals surface area contributed by atoms with Crippen molar-refractivity contribution in [3.63, 3.8) is 0 Å². The predicted molar refractivity (Wildman–Crippen MR) is 83.7 cm³/mol. The van der Waals surface area contributed by atoms with Gasteiger partial charge in [-0.1, -0.05) is 56.0 Å². The van der Waals surface area contributed by atoms with Crippen LogP contribution in [0.15, 0.2) is 35.9 Å². The van der Waals surface area contributed by atoms with Gasteiger partial charge in [-0.3, -0.25) is 4.79 Å². The molecule has 1 nitrogen and oxygen atoms in total. The fraction of sp³-hybridized carbons (Fsp3) is 0.500. The Hall–Kier alpha value is -1.08. The van der Waals surface area contributed by atoms with Crippen molar-refractivity contribution in [2.45, 2.75) is 43.9 Å². The molecule has 106 valence electrons. The molecule has 2 fully saturated rings. The number of Topliss-reactive ketones (excluding diaryl/α,β-unsaturated/α-hetero) is 1. The second-order valence-corrected chi connectivity index (χ2v) is 6.56. The summed E-state index contributed by atoms with van der Waals surface area (Å²) in [5, 5.41) is -0.304. The Bertz CT molecular complexity index is 499. The summed E-state index contributed by atoms with van der Waals surface area (Å²) in [4.78, 5) is 12.5. The zero-order valence-corrected chi connectivity index (χ0v) is 12.5. The molecular weight excluding hydrogens is 268 g/mol. The van der Waals surface area contributed by atoms with E-state index in [0.717, 1.165) is 24.0 Å². The first-order chi connectivity index (χ1) is 9.75. The third kappa shape index (κ3) is 2.83. The molecule has 1 aromatic carbocycles. The molecule has 0 aliphatic heterocycles. The zero-order chi connectivity index (χ0) is 13.9. The van der Waals surface area contributed by atoms with Crippen molar-refractivity contribution >= 4 is 23.5 Å². The van der Waals surface area contributed by atoms with Gasteiger partial charge in [0.2, 0.25) is 0 Å². The van der Waals surface area contributed by atoms with Crippen molar-refractivity contribution in [2.75, 3.05) is 0 Å². The number of benzene rings is 1. The molecule has 2 saturated carbocycles. The van der Waals surface area contributed by atoms with Gasteiger partial charge in [-0.15, -0.1) is 11.6 Å². The van der Waals surface area contributed by atoms with E-state index in [2.05, 4.69) is 0 Å². The molecule has 0 radical (unpaired) electrons. The van der Waals surface area contributed by atoms with Crippen molar-refractivity contribution in [3.8, 4) is 0 Å². The average molecular weight is 289 g/mol. The molecule has 2 aliphatic carbocycles. The van der Waals surface area contributed by atoms with Gasteiger partial charge in [0.05, 0.1) is 5.38 Å². The number of halogens is 1. The lowest BCUT2D eigenvalue weighted by molar-refractivity contribution is -0.117. The minimum atomic E-state index is -0.304. The first kappa shape index (κ1) is 13.9. The summed E-state index contributed by atoms with van der Waals surface area (Å²) in [6.45, 7) is 0. The van der Waals surface area contributed by atoms with Gasteiger partial charge in [0.15, 0.2) is 5.78 Å². The molecule has 2 heteroatoms. The molecule has 2 unspecified atom stereocenters. The summed E-state index contributed by atoms with van der Waals surface area (Å²) in [5.74, 6) is 1.25. The van der Waals surface area contributed by atoms with Crippen LogP contribution >= 0.6 is 11.6 Å². The van der Waals surface area contributed by atoms with E-state index in [1.54, 1.807) is 0 Å². The van der Waals surface area contributed by atoms with Crippen LogP contribution in [0.25, 0.3) is 6.08 Å². The summed E-state index contributed by atoms with van der Waals surface area (Å²) in [7, 11) is 0. The largest absolute Gasteiger partial charge is 0.293 e. The van der Waals surface area contributed by atoms with Crippen LogP contribution in [-0.2, 0) is 4.79 Å². The van der Waals surface area contributed by atoms with Gasteiger partial charge in [0.25, 0.3) is 0 Å². The Morgan fingerprint density at radius 3 is 2.45 bits per heavy atom. The van der Waals surface area contributed by atoms with Crippen molar-refractivity contribution in [3.05, 3.63) is 41.5 Å². The third-order valence-electron chi connectivity index (χ3n) is 4.84. The molecule has 0 aromatic heterocycles. The number of allylic oxidation sites excluding steroid dienone is 1. The quantitative estimate of drug-likeness (QED) is 0.562. The highest BCUT2D eigenvalue weighted by molar-refractivity contribution is 6.34. The molecule has 0 saturated heterocycles. The lowest BCUT2D eigenvalue weighted by Crippen LogP contribution is -2.34. The van der Waals surface area contributed by atoms with E-state index in [4.69, 9.17) is 11.6 Å². The first-order valence-corrected chi connectivity index (χ1v) is 8.13. The summed E-state index contributed by atoms with van der Waals surface area (Å²) >= 11 is 6.48. The van der Waals surface area contributed by atoms with Gasteiger partial charge >= 0.3 is 0 Å². The van der Waals surface area contributed by atoms with Gasteiger partial charge in [-0.2, -0.15) is 0 Å². The maximum absolute atomic E-state index is 12.5. The van der Waals surface area contributed by atoms with Gasteiger partial charge in [-0.05, 0) is 41.9 Å². The van der Waals surface area contributed by atoms with Crippen LogP contribution in [0, 0.1) is 11.8 Å². The van der Waals surface area contributed by atoms with Gasteiger partial charge in [-0.25, -0.2) is 0 Å². The number of carbonyl (C=O) groups excluding carboxylic acids is 1. The van der Waals surface area contributed by atoms with Crippen LogP contribution in [0.4, 0.5) is 0 Å². The van der Waals surface area contributed by atoms with Crippen molar-refractivity contribution < 1.29 is 4.79 Å². The summed E-state index contributed by atoms with van der Waals surface area (Å²) in [5.41, 5.74) is 2.00. The SMILES string of the molecule is O=C1C(=Cc2ccccc2)CCC(C2CCCC2)C1Cl. The molecule has 1 aromatic rings. The number of ketones is 1. The molecule has 0 N–H and O–H groups in total. The molecule has 20 heavy (non-hydrogen) atoms. The summed E-state index contributed by atoms with van der Waals surface area (Å²) < 4.78 is 0. The lowest BCUT2D eigenvalue weighted by atomic mass is 9.76. The fourth-order valence-corrected chi connectivity index (χ4v) is 4.19. The molecule has 0 spiro atoms. The van der Waals surface area contributed by atoms with Gasteiger partial charge in [0.1, 0.15) is 0 Å². The first-order valence-electron chi connectivity index (χ1n) is 7.69. The topological polar surface area (TPSA) is 17.1 Å². The molecule has 0 amide bonds. The second-order valence-electron chi connectivity index (χ2n) is 6.09. The fourth-order valence-electron chi connectivity index (χ4n) is 3.72. The number of alkyl halides is 1. The molecule has 3 rings (SSSR count). The summed E-state index contributed by atoms with van der Waals surface area (Å²) in [6.07, 6.45) is 9.12. The number of rotatable bonds is 2. The normalized spacial score (nSPS) is 30.1. The smallest absolute Gasteiger partial charge is 0.176 e. The highest BCUT2D eigenvalue weighted by Gasteiger charge is 2.38. The number of carbonyl (C=O) groups is 1. The van der Waals surface area contributed by atoms with Crippen LogP contribution in [0.1, 0.15) is 44.1 Å². The van der Waals surface area contributed by atoms with Crippen LogP contribution in [-0.4, -0.2) is 11.2 Å². The lowest BCUT2D eigenvalue weighted by Gasteiger charge is -2.32. The zero-order valence-electron chi connectivity index (χ0n) is 11.7. The Morgan fingerprint density at radius 1 is 1.05 bits per heavy atom. The van der Waals surface area contributed by atoms with E-state index in [1.807, 2.05) is 36.4 Å². The predicted octanol–water partition coefficient (Wildman–Crippen LogP) is 4.85. The molecule has 2 atom stereocenters. The van der Waals surface area contributed by atoms with Crippen molar-refractivity contribution in [1.82, 2.24) is 0 Å². The van der Waals surface area contributed by atoms with Crippen molar-refractivity contribution in [1.29, 1.82) is 0 Å². The highest BCUT2D eigenvalue weighted by Crippen LogP contribution is 2.41. The maximum Gasteiger partial charge on any atom is 0.176 e. The molecule has 0 bridgehead atoms. The van der Waals surface area contributed by atoms with E-state index in [0.29, 0.717) is 11.8 Å². The number of hydrogen-bond donors (Lipinski definition) is 0. The van der Waals surface area contributed by atoms with Crippen LogP contribution in [0.5, 0.6) is 0 Å². The standard InChI is InChI=1S/C18H21ClO/c19-17-16(14-8-4-5-9-14)11-10-15(18(17)20)12-13-6-2-1-3-7-13/h1-3,6-7,12,14,16-17H,4-5,8-11H2. The monoisotopic (exact) mass is 288 g/mol. The number of hydrogen-bond acceptors (Lipinski definition) is 1. The van der Waals surface area contributed by atoms with Crippen LogP contribution in [0.3, 0.4) is 0 Å². The van der Waals surface area contributed by atoms with E-state index in [1.165, 1.54) is 25.7 Å². The minimum absolute atomic E-state index is 0.165. The van der Waals surface area contributed by atoms with Gasteiger partial charge in [0, 0.05) is 0 Å². The summed E-state index contributed by atoms with van der Waals surface area (Å²) in [6, 6.07) is 10.1.